The average Bonchev–Trinajstić information content (AvgIpc) is 3.08. The van der Waals surface area contributed by atoms with Gasteiger partial charge in [-0.1, -0.05) is 0 Å². The number of fused-ring (bicyclic) bond motifs is 1. The van der Waals surface area contributed by atoms with Crippen LogP contribution in [0.4, 0.5) is 5.69 Å². The molecule has 0 saturated heterocycles. The van der Waals surface area contributed by atoms with Gasteiger partial charge in [0.25, 0.3) is 5.56 Å². The van der Waals surface area contributed by atoms with Crippen molar-refractivity contribution < 1.29 is 14.3 Å². The van der Waals surface area contributed by atoms with Crippen LogP contribution >= 0.6 is 0 Å². The second kappa shape index (κ2) is 6.98. The first kappa shape index (κ1) is 18.2. The quantitative estimate of drug-likeness (QED) is 0.679. The zero-order valence-corrected chi connectivity index (χ0v) is 15.3. The van der Waals surface area contributed by atoms with Crippen molar-refractivity contribution in [1.29, 1.82) is 0 Å². The van der Waals surface area contributed by atoms with Crippen LogP contribution in [0.2, 0.25) is 0 Å². The highest BCUT2D eigenvalue weighted by Gasteiger charge is 2.16. The number of benzene rings is 1. The van der Waals surface area contributed by atoms with E-state index in [-0.39, 0.29) is 23.6 Å². The first-order valence-electron chi connectivity index (χ1n) is 8.00. The highest BCUT2D eigenvalue weighted by molar-refractivity contribution is 5.91. The van der Waals surface area contributed by atoms with Gasteiger partial charge in [-0.15, -0.1) is 0 Å². The molecule has 0 bridgehead atoms. The third-order valence-electron chi connectivity index (χ3n) is 4.20. The number of nitrogens with one attached hydrogen (secondary N) is 1. The summed E-state index contributed by atoms with van der Waals surface area (Å²) in [6.07, 6.45) is 1.36. The summed E-state index contributed by atoms with van der Waals surface area (Å²) in [5.41, 5.74) is -0.0662. The number of imidazole rings is 1. The van der Waals surface area contributed by atoms with Gasteiger partial charge in [0.1, 0.15) is 6.54 Å². The third-order valence-corrected chi connectivity index (χ3v) is 4.20. The molecule has 0 unspecified atom stereocenters. The molecule has 3 rings (SSSR count). The lowest BCUT2D eigenvalue weighted by atomic mass is 10.2. The minimum absolute atomic E-state index is 0.141. The van der Waals surface area contributed by atoms with Crippen LogP contribution in [-0.2, 0) is 25.4 Å². The Morgan fingerprint density at radius 1 is 1.11 bits per heavy atom. The Balaban J connectivity index is 1.89. The number of amides is 1. The summed E-state index contributed by atoms with van der Waals surface area (Å²) in [6.45, 7) is -0.141. The predicted molar refractivity (Wildman–Crippen MR) is 98.4 cm³/mol. The SMILES string of the molecule is COc1ccc(NC(=O)Cn2cnc3c2c(=O)n(C)c(=O)n3C)cc1OC. The molecule has 0 saturated carbocycles. The lowest BCUT2D eigenvalue weighted by Gasteiger charge is -2.11. The van der Waals surface area contributed by atoms with E-state index < -0.39 is 11.2 Å². The Bertz CT molecular complexity index is 1140. The molecule has 1 aromatic carbocycles. The van der Waals surface area contributed by atoms with E-state index in [9.17, 15) is 14.4 Å². The molecule has 2 heterocycles. The van der Waals surface area contributed by atoms with Gasteiger partial charge in [0, 0.05) is 25.8 Å². The Labute approximate surface area is 153 Å². The molecule has 10 nitrogen and oxygen atoms in total. The number of carbonyl (C=O) groups excluding carboxylic acids is 1. The summed E-state index contributed by atoms with van der Waals surface area (Å²) in [5, 5.41) is 2.73. The molecule has 0 aliphatic heterocycles. The molecule has 0 radical (unpaired) electrons. The van der Waals surface area contributed by atoms with Gasteiger partial charge in [0.15, 0.2) is 22.7 Å². The molecule has 27 heavy (non-hydrogen) atoms. The maximum absolute atomic E-state index is 12.4. The van der Waals surface area contributed by atoms with Crippen molar-refractivity contribution in [3.63, 3.8) is 0 Å². The molecule has 142 valence electrons. The monoisotopic (exact) mass is 373 g/mol. The van der Waals surface area contributed by atoms with Crippen molar-refractivity contribution in [3.8, 4) is 11.5 Å². The number of hydrogen-bond acceptors (Lipinski definition) is 6. The van der Waals surface area contributed by atoms with Gasteiger partial charge in [-0.25, -0.2) is 9.78 Å². The van der Waals surface area contributed by atoms with E-state index in [1.807, 2.05) is 0 Å². The second-order valence-electron chi connectivity index (χ2n) is 5.87. The summed E-state index contributed by atoms with van der Waals surface area (Å²) in [4.78, 5) is 40.9. The van der Waals surface area contributed by atoms with Crippen molar-refractivity contribution >= 4 is 22.8 Å². The fraction of sp³-hybridized carbons (Fsp3) is 0.294. The number of aryl methyl sites for hydroxylation is 1. The Morgan fingerprint density at radius 3 is 2.48 bits per heavy atom. The van der Waals surface area contributed by atoms with E-state index in [0.717, 1.165) is 4.57 Å². The minimum Gasteiger partial charge on any atom is -0.493 e. The smallest absolute Gasteiger partial charge is 0.332 e. The number of anilines is 1. The minimum atomic E-state index is -0.510. The van der Waals surface area contributed by atoms with Crippen LogP contribution in [0.5, 0.6) is 11.5 Å². The maximum atomic E-state index is 12.4. The standard InChI is InChI=1S/C17H19N5O5/c1-20-15-14(16(24)21(2)17(20)25)22(9-18-15)8-13(23)19-10-5-6-11(26-3)12(7-10)27-4/h5-7,9H,8H2,1-4H3,(H,19,23). The van der Waals surface area contributed by atoms with Crippen LogP contribution in [0.25, 0.3) is 11.2 Å². The van der Waals surface area contributed by atoms with E-state index in [4.69, 9.17) is 9.47 Å². The van der Waals surface area contributed by atoms with Crippen LogP contribution in [0.3, 0.4) is 0 Å². The Morgan fingerprint density at radius 2 is 1.81 bits per heavy atom. The normalized spacial score (nSPS) is 10.8. The van der Waals surface area contributed by atoms with Gasteiger partial charge in [-0.2, -0.15) is 0 Å². The van der Waals surface area contributed by atoms with E-state index in [1.165, 1.54) is 43.8 Å². The highest BCUT2D eigenvalue weighted by atomic mass is 16.5. The van der Waals surface area contributed by atoms with Crippen molar-refractivity contribution in [3.05, 3.63) is 45.4 Å². The number of methoxy groups -OCH3 is 2. The van der Waals surface area contributed by atoms with Gasteiger partial charge < -0.3 is 19.4 Å². The second-order valence-corrected chi connectivity index (χ2v) is 5.87. The van der Waals surface area contributed by atoms with Crippen molar-refractivity contribution in [2.75, 3.05) is 19.5 Å². The number of ether oxygens (including phenoxy) is 2. The molecular formula is C17H19N5O5. The molecule has 0 spiro atoms. The largest absolute Gasteiger partial charge is 0.493 e. The molecule has 1 N–H and O–H groups in total. The average molecular weight is 373 g/mol. The third kappa shape index (κ3) is 3.16. The van der Waals surface area contributed by atoms with Crippen LogP contribution < -0.4 is 26.0 Å². The Kier molecular flexibility index (Phi) is 4.72. The topological polar surface area (TPSA) is 109 Å². The van der Waals surface area contributed by atoms with E-state index in [1.54, 1.807) is 18.2 Å². The van der Waals surface area contributed by atoms with Crippen LogP contribution in [0.15, 0.2) is 34.1 Å². The van der Waals surface area contributed by atoms with Gasteiger partial charge in [0.2, 0.25) is 5.91 Å². The predicted octanol–water partition coefficient (Wildman–Crippen LogP) is 0.0896. The van der Waals surface area contributed by atoms with Gasteiger partial charge in [0.05, 0.1) is 20.5 Å². The first-order chi connectivity index (χ1) is 12.9. The van der Waals surface area contributed by atoms with Crippen molar-refractivity contribution in [1.82, 2.24) is 18.7 Å². The van der Waals surface area contributed by atoms with Crippen LogP contribution in [0.1, 0.15) is 0 Å². The van der Waals surface area contributed by atoms with E-state index in [2.05, 4.69) is 10.3 Å². The van der Waals surface area contributed by atoms with Crippen molar-refractivity contribution in [2.24, 2.45) is 14.1 Å². The molecule has 0 atom stereocenters. The zero-order valence-electron chi connectivity index (χ0n) is 15.3. The van der Waals surface area contributed by atoms with Gasteiger partial charge in [-0.3, -0.25) is 18.7 Å². The molecule has 3 aromatic rings. The van der Waals surface area contributed by atoms with Crippen molar-refractivity contribution in [2.45, 2.75) is 6.54 Å². The highest BCUT2D eigenvalue weighted by Crippen LogP contribution is 2.29. The number of aromatic nitrogens is 4. The fourth-order valence-corrected chi connectivity index (χ4v) is 2.79. The molecular weight excluding hydrogens is 354 g/mol. The molecule has 0 aliphatic rings. The number of rotatable bonds is 5. The first-order valence-corrected chi connectivity index (χ1v) is 8.00. The van der Waals surface area contributed by atoms with Crippen LogP contribution in [-0.4, -0.2) is 38.8 Å². The lowest BCUT2D eigenvalue weighted by molar-refractivity contribution is -0.116. The van der Waals surface area contributed by atoms with Gasteiger partial charge >= 0.3 is 5.69 Å². The van der Waals surface area contributed by atoms with E-state index >= 15 is 0 Å². The van der Waals surface area contributed by atoms with E-state index in [0.29, 0.717) is 17.2 Å². The maximum Gasteiger partial charge on any atom is 0.332 e. The molecule has 0 fully saturated rings. The fourth-order valence-electron chi connectivity index (χ4n) is 2.79. The molecule has 10 heteroatoms. The summed E-state index contributed by atoms with van der Waals surface area (Å²) in [5.74, 6) is 0.658. The summed E-state index contributed by atoms with van der Waals surface area (Å²) in [6, 6.07) is 4.98. The number of nitrogens with zero attached hydrogens (tertiary/aromatic N) is 4. The summed E-state index contributed by atoms with van der Waals surface area (Å²) < 4.78 is 14.0. The number of hydrogen-bond donors (Lipinski definition) is 1. The Hall–Kier alpha value is -3.56. The molecule has 2 aromatic heterocycles. The molecule has 0 aliphatic carbocycles. The summed E-state index contributed by atoms with van der Waals surface area (Å²) in [7, 11) is 5.92. The number of carbonyl (C=O) groups is 1. The molecule has 1 amide bonds. The lowest BCUT2D eigenvalue weighted by Crippen LogP contribution is -2.37. The van der Waals surface area contributed by atoms with Crippen LogP contribution in [0, 0.1) is 0 Å². The summed E-state index contributed by atoms with van der Waals surface area (Å²) >= 11 is 0. The van der Waals surface area contributed by atoms with Gasteiger partial charge in [-0.05, 0) is 12.1 Å². The zero-order chi connectivity index (χ0) is 19.7.